The highest BCUT2D eigenvalue weighted by Gasteiger charge is 2.15. The minimum absolute atomic E-state index is 0.406. The number of aryl methyl sites for hydroxylation is 3. The van der Waals surface area contributed by atoms with Crippen LogP contribution in [0.15, 0.2) is 44.5 Å². The molecule has 0 bridgehead atoms. The Labute approximate surface area is 134 Å². The summed E-state index contributed by atoms with van der Waals surface area (Å²) in [5, 5.41) is 4.34. The van der Waals surface area contributed by atoms with Gasteiger partial charge in [0, 0.05) is 13.6 Å². The van der Waals surface area contributed by atoms with Crippen LogP contribution in [-0.2, 0) is 20.0 Å². The van der Waals surface area contributed by atoms with Crippen molar-refractivity contribution in [1.29, 1.82) is 0 Å². The van der Waals surface area contributed by atoms with E-state index in [1.807, 2.05) is 18.2 Å². The van der Waals surface area contributed by atoms with Gasteiger partial charge in [-0.3, -0.25) is 19.0 Å². The number of benzene rings is 1. The Morgan fingerprint density at radius 2 is 1.91 bits per heavy atom. The van der Waals surface area contributed by atoms with Crippen LogP contribution < -0.4 is 11.2 Å². The van der Waals surface area contributed by atoms with Gasteiger partial charge in [0.2, 0.25) is 0 Å². The third-order valence-corrected chi connectivity index (χ3v) is 4.17. The van der Waals surface area contributed by atoms with Crippen molar-refractivity contribution >= 4 is 27.0 Å². The van der Waals surface area contributed by atoms with E-state index in [2.05, 4.69) is 38.1 Å². The first-order chi connectivity index (χ1) is 10.6. The smallest absolute Gasteiger partial charge is 0.292 e. The Balaban J connectivity index is 1.90. The Hall–Kier alpha value is -2.15. The van der Waals surface area contributed by atoms with Gasteiger partial charge in [-0.1, -0.05) is 30.3 Å². The van der Waals surface area contributed by atoms with E-state index in [1.165, 1.54) is 10.1 Å². The molecule has 1 aromatic carbocycles. The van der Waals surface area contributed by atoms with E-state index < -0.39 is 11.2 Å². The van der Waals surface area contributed by atoms with Crippen LogP contribution in [0.4, 0.5) is 0 Å². The minimum Gasteiger partial charge on any atom is -0.292 e. The van der Waals surface area contributed by atoms with Gasteiger partial charge < -0.3 is 0 Å². The zero-order valence-corrected chi connectivity index (χ0v) is 13.6. The maximum absolute atomic E-state index is 12.1. The van der Waals surface area contributed by atoms with Crippen LogP contribution in [0.25, 0.3) is 11.0 Å². The molecule has 22 heavy (non-hydrogen) atoms. The summed E-state index contributed by atoms with van der Waals surface area (Å²) in [5.74, 6) is 0. The molecule has 0 radical (unpaired) electrons. The fourth-order valence-electron chi connectivity index (χ4n) is 2.53. The first-order valence-corrected chi connectivity index (χ1v) is 7.76. The van der Waals surface area contributed by atoms with Crippen LogP contribution in [0.5, 0.6) is 0 Å². The first-order valence-electron chi connectivity index (χ1n) is 6.97. The molecule has 0 aliphatic heterocycles. The van der Waals surface area contributed by atoms with Crippen molar-refractivity contribution in [2.75, 3.05) is 0 Å². The average Bonchev–Trinajstić information content (AvgIpc) is 2.83. The standard InChI is InChI=1S/C15H15BrN4O2/c1-19-11-12(14(21)17-15(19)22)20(18-13(11)16)9-5-8-10-6-3-2-4-7-10/h2-4,6-7H,5,8-9H2,1H3,(H,17,21,22). The molecule has 0 amide bonds. The predicted molar refractivity (Wildman–Crippen MR) is 88.1 cm³/mol. The predicted octanol–water partition coefficient (Wildman–Crippen LogP) is 1.82. The van der Waals surface area contributed by atoms with Crippen molar-refractivity contribution < 1.29 is 0 Å². The van der Waals surface area contributed by atoms with Crippen molar-refractivity contribution in [3.63, 3.8) is 0 Å². The molecule has 7 heteroatoms. The molecule has 0 atom stereocenters. The summed E-state index contributed by atoms with van der Waals surface area (Å²) in [5.41, 5.74) is 1.34. The van der Waals surface area contributed by atoms with E-state index in [0.717, 1.165) is 12.8 Å². The first kappa shape index (κ1) is 14.8. The lowest BCUT2D eigenvalue weighted by Crippen LogP contribution is -2.29. The van der Waals surface area contributed by atoms with Crippen LogP contribution in [0.1, 0.15) is 12.0 Å². The molecule has 0 saturated heterocycles. The number of halogens is 1. The maximum Gasteiger partial charge on any atom is 0.328 e. The van der Waals surface area contributed by atoms with E-state index in [0.29, 0.717) is 22.2 Å². The molecule has 3 rings (SSSR count). The number of hydrogen-bond donors (Lipinski definition) is 1. The Morgan fingerprint density at radius 1 is 1.18 bits per heavy atom. The van der Waals surface area contributed by atoms with Crippen molar-refractivity contribution in [2.45, 2.75) is 19.4 Å². The normalized spacial score (nSPS) is 11.2. The van der Waals surface area contributed by atoms with Gasteiger partial charge in [-0.15, -0.1) is 0 Å². The summed E-state index contributed by atoms with van der Waals surface area (Å²) >= 11 is 3.33. The van der Waals surface area contributed by atoms with Gasteiger partial charge >= 0.3 is 5.69 Å². The second-order valence-corrected chi connectivity index (χ2v) is 5.87. The van der Waals surface area contributed by atoms with Gasteiger partial charge in [0.15, 0.2) is 10.1 Å². The Morgan fingerprint density at radius 3 is 2.64 bits per heavy atom. The summed E-state index contributed by atoms with van der Waals surface area (Å²) in [6.45, 7) is 0.609. The summed E-state index contributed by atoms with van der Waals surface area (Å²) in [6, 6.07) is 10.2. The minimum atomic E-state index is -0.443. The highest BCUT2D eigenvalue weighted by atomic mass is 79.9. The van der Waals surface area contributed by atoms with E-state index in [1.54, 1.807) is 11.7 Å². The number of nitrogens with one attached hydrogen (secondary N) is 1. The second-order valence-electron chi connectivity index (χ2n) is 5.12. The lowest BCUT2D eigenvalue weighted by Gasteiger charge is -2.04. The molecule has 0 spiro atoms. The van der Waals surface area contributed by atoms with Crippen LogP contribution in [0.3, 0.4) is 0 Å². The number of rotatable bonds is 4. The monoisotopic (exact) mass is 362 g/mol. The fourth-order valence-corrected chi connectivity index (χ4v) is 3.17. The number of aromatic nitrogens is 4. The molecule has 0 saturated carbocycles. The van der Waals surface area contributed by atoms with Crippen molar-refractivity contribution in [1.82, 2.24) is 19.3 Å². The molecule has 1 N–H and O–H groups in total. The highest BCUT2D eigenvalue weighted by Crippen LogP contribution is 2.19. The molecule has 0 fully saturated rings. The van der Waals surface area contributed by atoms with Gasteiger partial charge in [0.05, 0.1) is 0 Å². The molecule has 3 aromatic rings. The van der Waals surface area contributed by atoms with Gasteiger partial charge in [-0.05, 0) is 34.3 Å². The molecule has 6 nitrogen and oxygen atoms in total. The Kier molecular flexibility index (Phi) is 3.98. The zero-order valence-electron chi connectivity index (χ0n) is 12.0. The molecule has 114 valence electrons. The summed E-state index contributed by atoms with van der Waals surface area (Å²) in [4.78, 5) is 26.0. The molecular formula is C15H15BrN4O2. The van der Waals surface area contributed by atoms with Gasteiger partial charge in [-0.25, -0.2) is 4.79 Å². The lowest BCUT2D eigenvalue weighted by molar-refractivity contribution is 0.591. The fraction of sp³-hybridized carbons (Fsp3) is 0.267. The average molecular weight is 363 g/mol. The third kappa shape index (κ3) is 2.64. The Bertz CT molecular complexity index is 924. The molecule has 2 heterocycles. The summed E-state index contributed by atoms with van der Waals surface area (Å²) in [6.07, 6.45) is 1.76. The van der Waals surface area contributed by atoms with Gasteiger partial charge in [-0.2, -0.15) is 5.10 Å². The number of aromatic amines is 1. The molecule has 2 aromatic heterocycles. The van der Waals surface area contributed by atoms with Crippen molar-refractivity contribution in [3.05, 3.63) is 61.3 Å². The second kappa shape index (κ2) is 5.92. The lowest BCUT2D eigenvalue weighted by atomic mass is 10.1. The van der Waals surface area contributed by atoms with Crippen molar-refractivity contribution in [2.24, 2.45) is 7.05 Å². The number of H-pyrrole nitrogens is 1. The highest BCUT2D eigenvalue weighted by molar-refractivity contribution is 9.10. The quantitative estimate of drug-likeness (QED) is 0.769. The van der Waals surface area contributed by atoms with E-state index in [-0.39, 0.29) is 0 Å². The number of hydrogen-bond acceptors (Lipinski definition) is 3. The number of nitrogens with zero attached hydrogens (tertiary/aromatic N) is 3. The third-order valence-electron chi connectivity index (χ3n) is 3.64. The number of fused-ring (bicyclic) bond motifs is 1. The SMILES string of the molecule is Cn1c(=O)[nH]c(=O)c2c1c(Br)nn2CCCc1ccccc1. The topological polar surface area (TPSA) is 72.7 Å². The van der Waals surface area contributed by atoms with E-state index in [4.69, 9.17) is 0 Å². The van der Waals surface area contributed by atoms with Gasteiger partial charge in [0.1, 0.15) is 5.52 Å². The largest absolute Gasteiger partial charge is 0.328 e. The van der Waals surface area contributed by atoms with Crippen LogP contribution in [0, 0.1) is 0 Å². The van der Waals surface area contributed by atoms with E-state index in [9.17, 15) is 9.59 Å². The van der Waals surface area contributed by atoms with Crippen LogP contribution in [0.2, 0.25) is 0 Å². The molecule has 0 aliphatic rings. The summed E-state index contributed by atoms with van der Waals surface area (Å²) in [7, 11) is 1.61. The van der Waals surface area contributed by atoms with Crippen LogP contribution in [-0.4, -0.2) is 19.3 Å². The van der Waals surface area contributed by atoms with Gasteiger partial charge in [0.25, 0.3) is 5.56 Å². The van der Waals surface area contributed by atoms with Crippen LogP contribution >= 0.6 is 15.9 Å². The maximum atomic E-state index is 12.1. The zero-order chi connectivity index (χ0) is 15.7. The molecule has 0 aliphatic carbocycles. The summed E-state index contributed by atoms with van der Waals surface area (Å²) < 4.78 is 3.55. The van der Waals surface area contributed by atoms with Crippen molar-refractivity contribution in [3.8, 4) is 0 Å². The molecule has 0 unspecified atom stereocenters. The molecular weight excluding hydrogens is 348 g/mol. The van der Waals surface area contributed by atoms with E-state index >= 15 is 0 Å².